The average molecular weight is 296 g/mol. The fourth-order valence-electron chi connectivity index (χ4n) is 4.69. The lowest BCUT2D eigenvalue weighted by molar-refractivity contribution is -0.239. The van der Waals surface area contributed by atoms with Gasteiger partial charge in [0.05, 0.1) is 5.60 Å². The molecule has 0 spiro atoms. The number of fused-ring (bicyclic) bond motifs is 1. The van der Waals surface area contributed by atoms with Crippen molar-refractivity contribution in [3.8, 4) is 0 Å². The molecule has 4 heteroatoms. The van der Waals surface area contributed by atoms with Crippen LogP contribution in [0.25, 0.3) is 0 Å². The van der Waals surface area contributed by atoms with Gasteiger partial charge in [0, 0.05) is 5.41 Å². The minimum Gasteiger partial charge on any atom is -0.458 e. The molecular weight excluding hydrogens is 268 g/mol. The average Bonchev–Trinajstić information content (AvgIpc) is 2.35. The summed E-state index contributed by atoms with van der Waals surface area (Å²) >= 11 is 0. The number of hydrogen-bond donors (Lipinski definition) is 1. The van der Waals surface area contributed by atoms with Gasteiger partial charge in [0.1, 0.15) is 17.8 Å². The Bertz CT molecular complexity index is 407. The Morgan fingerprint density at radius 3 is 1.95 bits per heavy atom. The van der Waals surface area contributed by atoms with E-state index >= 15 is 0 Å². The van der Waals surface area contributed by atoms with Crippen molar-refractivity contribution in [1.29, 1.82) is 0 Å². The predicted octanol–water partition coefficient (Wildman–Crippen LogP) is 3.15. The maximum atomic E-state index is 12.1. The molecule has 0 aromatic carbocycles. The molecule has 0 atom stereocenters. The van der Waals surface area contributed by atoms with Gasteiger partial charge in [-0.2, -0.15) is 0 Å². The van der Waals surface area contributed by atoms with Crippen LogP contribution < -0.4 is 0 Å². The van der Waals surface area contributed by atoms with E-state index in [2.05, 4.69) is 0 Å². The first-order chi connectivity index (χ1) is 9.72. The van der Waals surface area contributed by atoms with Gasteiger partial charge in [-0.3, -0.25) is 9.59 Å². The topological polar surface area (TPSA) is 63.6 Å². The minimum absolute atomic E-state index is 0.163. The second-order valence-corrected chi connectivity index (χ2v) is 7.40. The first-order valence-corrected chi connectivity index (χ1v) is 8.16. The third kappa shape index (κ3) is 2.87. The number of carbonyl (C=O) groups excluding carboxylic acids is 2. The molecule has 0 amide bonds. The highest BCUT2D eigenvalue weighted by atomic mass is 16.6. The number of ketones is 1. The summed E-state index contributed by atoms with van der Waals surface area (Å²) in [5.74, 6) is -0.600. The van der Waals surface area contributed by atoms with Crippen LogP contribution in [0.5, 0.6) is 0 Å². The highest BCUT2D eigenvalue weighted by Gasteiger charge is 2.62. The summed E-state index contributed by atoms with van der Waals surface area (Å²) in [6.07, 6.45) is 7.40. The molecule has 2 fully saturated rings. The second-order valence-electron chi connectivity index (χ2n) is 7.40. The highest BCUT2D eigenvalue weighted by Crippen LogP contribution is 2.60. The van der Waals surface area contributed by atoms with Gasteiger partial charge in [-0.15, -0.1) is 0 Å². The standard InChI is InChI=1S/C17H28O4/c1-13(18)12-14(19)21-17-10-6-4-8-16(17,15(2,3)20)9-5-7-11-17/h20H,4-12H2,1-3H3. The fraction of sp³-hybridized carbons (Fsp3) is 0.882. The van der Waals surface area contributed by atoms with Gasteiger partial charge in [0.15, 0.2) is 0 Å². The van der Waals surface area contributed by atoms with E-state index in [1.54, 1.807) is 0 Å². The van der Waals surface area contributed by atoms with Gasteiger partial charge < -0.3 is 9.84 Å². The van der Waals surface area contributed by atoms with Crippen LogP contribution >= 0.6 is 0 Å². The molecule has 0 aromatic heterocycles. The van der Waals surface area contributed by atoms with Crippen molar-refractivity contribution in [2.75, 3.05) is 0 Å². The van der Waals surface area contributed by atoms with Crippen LogP contribution in [-0.2, 0) is 14.3 Å². The Hall–Kier alpha value is -0.900. The number of carbonyl (C=O) groups is 2. The van der Waals surface area contributed by atoms with Gasteiger partial charge in [-0.1, -0.05) is 12.8 Å². The molecule has 1 N–H and O–H groups in total. The van der Waals surface area contributed by atoms with Gasteiger partial charge in [0.2, 0.25) is 0 Å². The van der Waals surface area contributed by atoms with Crippen molar-refractivity contribution in [2.45, 2.75) is 89.8 Å². The largest absolute Gasteiger partial charge is 0.458 e. The summed E-state index contributed by atoms with van der Waals surface area (Å²) in [5, 5.41) is 10.8. The van der Waals surface area contributed by atoms with Crippen molar-refractivity contribution in [3.63, 3.8) is 0 Å². The van der Waals surface area contributed by atoms with E-state index in [4.69, 9.17) is 4.74 Å². The second kappa shape index (κ2) is 5.71. The molecule has 0 radical (unpaired) electrons. The van der Waals surface area contributed by atoms with E-state index in [0.29, 0.717) is 0 Å². The molecule has 0 aromatic rings. The summed E-state index contributed by atoms with van der Waals surface area (Å²) in [5.41, 5.74) is -1.85. The molecule has 0 aliphatic heterocycles. The Balaban J connectivity index is 2.33. The zero-order chi connectivity index (χ0) is 15.7. The number of Topliss-reactive ketones (excluding diaryl/α,β-unsaturated/α-hetero) is 1. The molecule has 2 aliphatic rings. The van der Waals surface area contributed by atoms with Crippen molar-refractivity contribution < 1.29 is 19.4 Å². The third-order valence-corrected chi connectivity index (χ3v) is 5.61. The van der Waals surface area contributed by atoms with E-state index in [1.807, 2.05) is 13.8 Å². The Labute approximate surface area is 127 Å². The molecule has 2 rings (SSSR count). The molecule has 120 valence electrons. The summed E-state index contributed by atoms with van der Waals surface area (Å²) in [6, 6.07) is 0. The first kappa shape index (κ1) is 16.5. The normalized spacial score (nSPS) is 33.1. The summed E-state index contributed by atoms with van der Waals surface area (Å²) in [6.45, 7) is 5.10. The van der Waals surface area contributed by atoms with Crippen LogP contribution in [0, 0.1) is 5.41 Å². The third-order valence-electron chi connectivity index (χ3n) is 5.61. The van der Waals surface area contributed by atoms with E-state index < -0.39 is 17.2 Å². The SMILES string of the molecule is CC(=O)CC(=O)OC12CCCCC1(C(C)(C)O)CCCC2. The molecule has 0 bridgehead atoms. The van der Waals surface area contributed by atoms with E-state index in [1.165, 1.54) is 6.92 Å². The van der Waals surface area contributed by atoms with E-state index in [9.17, 15) is 14.7 Å². The van der Waals surface area contributed by atoms with Crippen LogP contribution in [0.2, 0.25) is 0 Å². The molecule has 0 saturated heterocycles. The lowest BCUT2D eigenvalue weighted by Gasteiger charge is -2.60. The maximum absolute atomic E-state index is 12.1. The molecule has 21 heavy (non-hydrogen) atoms. The lowest BCUT2D eigenvalue weighted by Crippen LogP contribution is -2.64. The number of ether oxygens (including phenoxy) is 1. The Kier molecular flexibility index (Phi) is 4.48. The van der Waals surface area contributed by atoms with Gasteiger partial charge in [0.25, 0.3) is 0 Å². The minimum atomic E-state index is -0.885. The molecule has 0 heterocycles. The van der Waals surface area contributed by atoms with Gasteiger partial charge in [-0.25, -0.2) is 0 Å². The maximum Gasteiger partial charge on any atom is 0.313 e. The Morgan fingerprint density at radius 2 is 1.52 bits per heavy atom. The number of aliphatic hydroxyl groups is 1. The number of rotatable bonds is 4. The molecule has 4 nitrogen and oxygen atoms in total. The quantitative estimate of drug-likeness (QED) is 0.639. The molecule has 2 aliphatic carbocycles. The summed E-state index contributed by atoms with van der Waals surface area (Å²) < 4.78 is 5.90. The van der Waals surface area contributed by atoms with Gasteiger partial charge >= 0.3 is 5.97 Å². The fourth-order valence-corrected chi connectivity index (χ4v) is 4.69. The van der Waals surface area contributed by atoms with Crippen LogP contribution in [0.4, 0.5) is 0 Å². The van der Waals surface area contributed by atoms with Crippen LogP contribution in [0.1, 0.15) is 78.6 Å². The Morgan fingerprint density at radius 1 is 1.05 bits per heavy atom. The predicted molar refractivity (Wildman–Crippen MR) is 79.8 cm³/mol. The summed E-state index contributed by atoms with van der Waals surface area (Å²) in [7, 11) is 0. The van der Waals surface area contributed by atoms with Crippen molar-refractivity contribution in [2.24, 2.45) is 5.41 Å². The highest BCUT2D eigenvalue weighted by molar-refractivity contribution is 5.94. The van der Waals surface area contributed by atoms with Crippen LogP contribution in [0.15, 0.2) is 0 Å². The monoisotopic (exact) mass is 296 g/mol. The van der Waals surface area contributed by atoms with Crippen molar-refractivity contribution in [1.82, 2.24) is 0 Å². The number of esters is 1. The molecular formula is C17H28O4. The number of hydrogen-bond acceptors (Lipinski definition) is 4. The zero-order valence-electron chi connectivity index (χ0n) is 13.5. The van der Waals surface area contributed by atoms with Crippen LogP contribution in [0.3, 0.4) is 0 Å². The van der Waals surface area contributed by atoms with E-state index in [0.717, 1.165) is 51.4 Å². The smallest absolute Gasteiger partial charge is 0.313 e. The summed E-state index contributed by atoms with van der Waals surface area (Å²) in [4.78, 5) is 23.3. The van der Waals surface area contributed by atoms with Crippen molar-refractivity contribution in [3.05, 3.63) is 0 Å². The van der Waals surface area contributed by atoms with Gasteiger partial charge in [-0.05, 0) is 59.3 Å². The van der Waals surface area contributed by atoms with E-state index in [-0.39, 0.29) is 17.6 Å². The van der Waals surface area contributed by atoms with Crippen LogP contribution in [-0.4, -0.2) is 28.1 Å². The zero-order valence-corrected chi connectivity index (χ0v) is 13.5. The molecule has 2 saturated carbocycles. The molecule has 0 unspecified atom stereocenters. The first-order valence-electron chi connectivity index (χ1n) is 8.16. The lowest BCUT2D eigenvalue weighted by atomic mass is 9.50. The van der Waals surface area contributed by atoms with Crippen molar-refractivity contribution >= 4 is 11.8 Å².